The number of nitrogens with one attached hydrogen (secondary N) is 1. The highest BCUT2D eigenvalue weighted by Gasteiger charge is 2.09. The highest BCUT2D eigenvalue weighted by atomic mass is 32.2. The van der Waals surface area contributed by atoms with E-state index < -0.39 is 0 Å². The molecule has 0 radical (unpaired) electrons. The van der Waals surface area contributed by atoms with Crippen molar-refractivity contribution in [1.82, 2.24) is 5.32 Å². The summed E-state index contributed by atoms with van der Waals surface area (Å²) in [5, 5.41) is 12.4. The lowest BCUT2D eigenvalue weighted by Gasteiger charge is -2.14. The summed E-state index contributed by atoms with van der Waals surface area (Å²) < 4.78 is 12.3. The van der Waals surface area contributed by atoms with E-state index in [1.165, 1.54) is 0 Å². The van der Waals surface area contributed by atoms with Gasteiger partial charge in [-0.15, -0.1) is 0 Å². The molecule has 0 aliphatic carbocycles. The van der Waals surface area contributed by atoms with E-state index in [4.69, 9.17) is 5.73 Å². The van der Waals surface area contributed by atoms with E-state index in [-0.39, 0.29) is 28.7 Å². The van der Waals surface area contributed by atoms with E-state index in [0.717, 1.165) is 5.56 Å². The SMILES string of the molecule is C=C(N)NCC(C)c1ccc(SF)c(O)c1. The van der Waals surface area contributed by atoms with Gasteiger partial charge in [-0.05, 0) is 23.6 Å². The molecule has 0 amide bonds. The van der Waals surface area contributed by atoms with Crippen LogP contribution < -0.4 is 11.1 Å². The Hall–Kier alpha value is -1.36. The maximum absolute atomic E-state index is 12.3. The second-order valence-electron chi connectivity index (χ2n) is 3.61. The molecule has 5 heteroatoms. The smallest absolute Gasteiger partial charge is 0.132 e. The Kier molecular flexibility index (Phi) is 4.49. The fourth-order valence-corrected chi connectivity index (χ4v) is 1.57. The lowest BCUT2D eigenvalue weighted by atomic mass is 10.0. The second-order valence-corrected chi connectivity index (χ2v) is 4.21. The van der Waals surface area contributed by atoms with Crippen molar-refractivity contribution in [1.29, 1.82) is 0 Å². The minimum atomic E-state index is -0.0385. The van der Waals surface area contributed by atoms with Crippen LogP contribution in [0.5, 0.6) is 5.75 Å². The van der Waals surface area contributed by atoms with Crippen LogP contribution in [-0.4, -0.2) is 11.7 Å². The molecule has 1 atom stereocenters. The first-order valence-corrected chi connectivity index (χ1v) is 5.56. The number of hydrogen-bond donors (Lipinski definition) is 3. The molecule has 88 valence electrons. The minimum Gasteiger partial charge on any atom is -0.507 e. The molecule has 0 bridgehead atoms. The van der Waals surface area contributed by atoms with Gasteiger partial charge in [0.2, 0.25) is 0 Å². The average Bonchev–Trinajstić information content (AvgIpc) is 2.25. The number of hydrogen-bond acceptors (Lipinski definition) is 4. The topological polar surface area (TPSA) is 58.3 Å². The van der Waals surface area contributed by atoms with Gasteiger partial charge in [0.1, 0.15) is 5.75 Å². The lowest BCUT2D eigenvalue weighted by Crippen LogP contribution is -2.23. The highest BCUT2D eigenvalue weighted by Crippen LogP contribution is 2.31. The molecule has 1 aromatic carbocycles. The zero-order valence-electron chi connectivity index (χ0n) is 9.03. The molecule has 0 aliphatic heterocycles. The van der Waals surface area contributed by atoms with Crippen molar-refractivity contribution < 1.29 is 8.99 Å². The number of phenolic OH excluding ortho intramolecular Hbond substituents is 1. The van der Waals surface area contributed by atoms with Crippen LogP contribution in [-0.2, 0) is 0 Å². The Morgan fingerprint density at radius 2 is 2.38 bits per heavy atom. The Morgan fingerprint density at radius 3 is 2.88 bits per heavy atom. The number of phenols is 1. The van der Waals surface area contributed by atoms with Crippen molar-refractivity contribution in [2.75, 3.05) is 6.54 Å². The molecule has 1 aromatic rings. The molecule has 0 heterocycles. The van der Waals surface area contributed by atoms with E-state index in [9.17, 15) is 8.99 Å². The molecule has 0 fully saturated rings. The molecule has 0 saturated heterocycles. The van der Waals surface area contributed by atoms with Gasteiger partial charge < -0.3 is 16.2 Å². The van der Waals surface area contributed by atoms with E-state index in [0.29, 0.717) is 12.4 Å². The summed E-state index contributed by atoms with van der Waals surface area (Å²) in [5.74, 6) is 0.528. The van der Waals surface area contributed by atoms with Crippen LogP contribution in [0.3, 0.4) is 0 Å². The standard InChI is InChI=1S/C11H15FN2OS/c1-7(6-14-8(2)13)9-3-4-11(16-12)10(15)5-9/h3-5,7,14-15H,2,6,13H2,1H3. The molecule has 0 spiro atoms. The predicted molar refractivity (Wildman–Crippen MR) is 64.8 cm³/mol. The van der Waals surface area contributed by atoms with Gasteiger partial charge in [-0.2, -0.15) is 3.89 Å². The zero-order valence-corrected chi connectivity index (χ0v) is 9.85. The van der Waals surface area contributed by atoms with Crippen LogP contribution >= 0.6 is 12.1 Å². The van der Waals surface area contributed by atoms with Crippen molar-refractivity contribution in [3.63, 3.8) is 0 Å². The number of nitrogens with two attached hydrogens (primary N) is 1. The van der Waals surface area contributed by atoms with Crippen LogP contribution in [0.1, 0.15) is 18.4 Å². The van der Waals surface area contributed by atoms with Gasteiger partial charge in [0.05, 0.1) is 22.9 Å². The quantitative estimate of drug-likeness (QED) is 0.742. The van der Waals surface area contributed by atoms with E-state index in [1.54, 1.807) is 18.2 Å². The molecule has 4 N–H and O–H groups in total. The fraction of sp³-hybridized carbons (Fsp3) is 0.273. The first-order valence-electron chi connectivity index (χ1n) is 4.84. The number of halogens is 1. The predicted octanol–water partition coefficient (Wildman–Crippen LogP) is 2.49. The summed E-state index contributed by atoms with van der Waals surface area (Å²) in [5.41, 5.74) is 6.31. The van der Waals surface area contributed by atoms with Crippen LogP contribution in [0.2, 0.25) is 0 Å². The largest absolute Gasteiger partial charge is 0.507 e. The van der Waals surface area contributed by atoms with Gasteiger partial charge in [0.25, 0.3) is 0 Å². The molecular weight excluding hydrogens is 227 g/mol. The van der Waals surface area contributed by atoms with Crippen LogP contribution in [0.15, 0.2) is 35.5 Å². The monoisotopic (exact) mass is 242 g/mol. The van der Waals surface area contributed by atoms with Gasteiger partial charge in [-0.25, -0.2) is 0 Å². The van der Waals surface area contributed by atoms with Crippen molar-refractivity contribution in [3.05, 3.63) is 36.2 Å². The minimum absolute atomic E-state index is 0.0343. The van der Waals surface area contributed by atoms with Gasteiger partial charge in [0.15, 0.2) is 0 Å². The number of rotatable bonds is 5. The number of aromatic hydroxyl groups is 1. The Balaban J connectivity index is 2.72. The lowest BCUT2D eigenvalue weighted by molar-refractivity contribution is 0.460. The van der Waals surface area contributed by atoms with Crippen molar-refractivity contribution >= 4 is 12.1 Å². The van der Waals surface area contributed by atoms with Gasteiger partial charge >= 0.3 is 0 Å². The zero-order chi connectivity index (χ0) is 12.1. The van der Waals surface area contributed by atoms with Gasteiger partial charge in [0, 0.05) is 6.54 Å². The van der Waals surface area contributed by atoms with E-state index >= 15 is 0 Å². The highest BCUT2D eigenvalue weighted by molar-refractivity contribution is 7.94. The third kappa shape index (κ3) is 3.34. The average molecular weight is 242 g/mol. The Bertz CT molecular complexity index is 384. The molecule has 16 heavy (non-hydrogen) atoms. The summed E-state index contributed by atoms with van der Waals surface area (Å²) in [6.07, 6.45) is 0. The molecule has 1 unspecified atom stereocenters. The van der Waals surface area contributed by atoms with Gasteiger partial charge in [-0.1, -0.05) is 19.6 Å². The van der Waals surface area contributed by atoms with Crippen LogP contribution in [0.25, 0.3) is 0 Å². The molecule has 3 nitrogen and oxygen atoms in total. The first-order chi connectivity index (χ1) is 7.54. The van der Waals surface area contributed by atoms with Crippen LogP contribution in [0.4, 0.5) is 3.89 Å². The summed E-state index contributed by atoms with van der Waals surface area (Å²) in [6.45, 7) is 6.13. The normalized spacial score (nSPS) is 12.1. The summed E-state index contributed by atoms with van der Waals surface area (Å²) in [6, 6.07) is 4.91. The second kappa shape index (κ2) is 5.65. The summed E-state index contributed by atoms with van der Waals surface area (Å²) in [4.78, 5) is 0.229. The third-order valence-electron chi connectivity index (χ3n) is 2.27. The summed E-state index contributed by atoms with van der Waals surface area (Å²) >= 11 is 0.0343. The molecular formula is C11H15FN2OS. The summed E-state index contributed by atoms with van der Waals surface area (Å²) in [7, 11) is 0. The first kappa shape index (κ1) is 12.7. The Morgan fingerprint density at radius 1 is 1.69 bits per heavy atom. The van der Waals surface area contributed by atoms with Crippen molar-refractivity contribution in [2.24, 2.45) is 5.73 Å². The third-order valence-corrected chi connectivity index (χ3v) is 2.78. The maximum Gasteiger partial charge on any atom is 0.132 e. The Labute approximate surface area is 98.8 Å². The van der Waals surface area contributed by atoms with Crippen molar-refractivity contribution in [3.8, 4) is 5.75 Å². The molecule has 0 aromatic heterocycles. The van der Waals surface area contributed by atoms with Crippen LogP contribution in [0, 0.1) is 0 Å². The van der Waals surface area contributed by atoms with Gasteiger partial charge in [-0.3, -0.25) is 0 Å². The van der Waals surface area contributed by atoms with E-state index in [2.05, 4.69) is 11.9 Å². The maximum atomic E-state index is 12.3. The molecule has 1 rings (SSSR count). The molecule has 0 aliphatic rings. The fourth-order valence-electron chi connectivity index (χ4n) is 1.31. The molecule has 0 saturated carbocycles. The number of benzene rings is 1. The van der Waals surface area contributed by atoms with E-state index in [1.807, 2.05) is 6.92 Å². The van der Waals surface area contributed by atoms with Crippen molar-refractivity contribution in [2.45, 2.75) is 17.7 Å².